The van der Waals surface area contributed by atoms with Gasteiger partial charge in [-0.2, -0.15) is 0 Å². The van der Waals surface area contributed by atoms with Crippen molar-refractivity contribution in [3.8, 4) is 0 Å². The first-order chi connectivity index (χ1) is 9.62. The minimum absolute atomic E-state index is 0.340. The van der Waals surface area contributed by atoms with E-state index in [1.54, 1.807) is 24.3 Å². The average Bonchev–Trinajstić information content (AvgIpc) is 3.09. The molecule has 0 aliphatic carbocycles. The number of esters is 1. The van der Waals surface area contributed by atoms with Crippen molar-refractivity contribution in [2.45, 2.75) is 11.9 Å². The van der Waals surface area contributed by atoms with Gasteiger partial charge in [-0.15, -0.1) is 0 Å². The van der Waals surface area contributed by atoms with Gasteiger partial charge in [0.05, 0.1) is 10.0 Å². The standard InChI is InChI=1S/C15H8BrFO3/c16-11-7-8(5-6-12(11)17)13-15(19-13)10-4-2-1-3-9(10)14(18)20-15/h1-7,13H/t13-,15-/m0/s1. The SMILES string of the molecule is O=C1O[C@@]2(O[C@H]2c2ccc(F)c(Br)c2)c2ccccc21. The third-order valence-electron chi connectivity index (χ3n) is 3.59. The number of halogens is 2. The van der Waals surface area contributed by atoms with E-state index >= 15 is 0 Å². The Balaban J connectivity index is 1.76. The Morgan fingerprint density at radius 1 is 1.20 bits per heavy atom. The molecule has 2 aromatic rings. The lowest BCUT2D eigenvalue weighted by atomic mass is 9.99. The van der Waals surface area contributed by atoms with Crippen LogP contribution in [-0.2, 0) is 15.3 Å². The number of rotatable bonds is 1. The van der Waals surface area contributed by atoms with E-state index in [-0.39, 0.29) is 11.8 Å². The van der Waals surface area contributed by atoms with Gasteiger partial charge in [-0.1, -0.05) is 24.3 Å². The molecule has 2 aliphatic heterocycles. The number of carbonyl (C=O) groups is 1. The lowest BCUT2D eigenvalue weighted by Gasteiger charge is -2.05. The third kappa shape index (κ3) is 1.50. The van der Waals surface area contributed by atoms with Crippen LogP contribution in [0, 0.1) is 5.82 Å². The summed E-state index contributed by atoms with van der Waals surface area (Å²) in [6, 6.07) is 11.8. The number of carbonyl (C=O) groups excluding carboxylic acids is 1. The van der Waals surface area contributed by atoms with Crippen LogP contribution >= 0.6 is 15.9 Å². The first-order valence-corrected chi connectivity index (χ1v) is 6.87. The lowest BCUT2D eigenvalue weighted by Crippen LogP contribution is -2.09. The Hall–Kier alpha value is -1.72. The number of hydrogen-bond donors (Lipinski definition) is 0. The Kier molecular flexibility index (Phi) is 2.35. The third-order valence-corrected chi connectivity index (χ3v) is 4.20. The van der Waals surface area contributed by atoms with Gasteiger partial charge < -0.3 is 9.47 Å². The van der Waals surface area contributed by atoms with E-state index in [2.05, 4.69) is 15.9 Å². The van der Waals surface area contributed by atoms with Gasteiger partial charge in [-0.25, -0.2) is 9.18 Å². The number of fused-ring (bicyclic) bond motifs is 2. The van der Waals surface area contributed by atoms with E-state index in [4.69, 9.17) is 9.47 Å². The van der Waals surface area contributed by atoms with Crippen molar-refractivity contribution < 1.29 is 18.7 Å². The minimum Gasteiger partial charge on any atom is -0.422 e. The molecule has 0 saturated carbocycles. The number of hydrogen-bond acceptors (Lipinski definition) is 3. The summed E-state index contributed by atoms with van der Waals surface area (Å²) in [5, 5.41) is 0. The summed E-state index contributed by atoms with van der Waals surface area (Å²) in [7, 11) is 0. The highest BCUT2D eigenvalue weighted by Crippen LogP contribution is 2.61. The van der Waals surface area contributed by atoms with Gasteiger partial charge in [0, 0.05) is 5.56 Å². The molecule has 1 fully saturated rings. The fraction of sp³-hybridized carbons (Fsp3) is 0.133. The van der Waals surface area contributed by atoms with Crippen LogP contribution in [0.1, 0.15) is 27.6 Å². The second-order valence-corrected chi connectivity index (χ2v) is 5.63. The van der Waals surface area contributed by atoms with Crippen molar-refractivity contribution in [3.63, 3.8) is 0 Å². The summed E-state index contributed by atoms with van der Waals surface area (Å²) in [4.78, 5) is 11.8. The topological polar surface area (TPSA) is 38.8 Å². The quantitative estimate of drug-likeness (QED) is 0.589. The molecular formula is C15H8BrFO3. The van der Waals surface area contributed by atoms with Crippen LogP contribution in [0.15, 0.2) is 46.9 Å². The van der Waals surface area contributed by atoms with E-state index in [0.29, 0.717) is 10.0 Å². The molecule has 20 heavy (non-hydrogen) atoms. The Bertz CT molecular complexity index is 746. The van der Waals surface area contributed by atoms with Gasteiger partial charge in [-0.05, 0) is 39.7 Å². The van der Waals surface area contributed by atoms with Crippen LogP contribution < -0.4 is 0 Å². The van der Waals surface area contributed by atoms with Crippen molar-refractivity contribution in [1.29, 1.82) is 0 Å². The molecule has 0 unspecified atom stereocenters. The molecule has 0 radical (unpaired) electrons. The van der Waals surface area contributed by atoms with Crippen LogP contribution in [0.2, 0.25) is 0 Å². The van der Waals surface area contributed by atoms with E-state index in [9.17, 15) is 9.18 Å². The molecule has 0 bridgehead atoms. The molecule has 0 aromatic heterocycles. The predicted molar refractivity (Wildman–Crippen MR) is 71.5 cm³/mol. The fourth-order valence-corrected chi connectivity index (χ4v) is 3.00. The number of ether oxygens (including phenoxy) is 2. The van der Waals surface area contributed by atoms with Gasteiger partial charge in [0.2, 0.25) is 0 Å². The van der Waals surface area contributed by atoms with Crippen LogP contribution in [-0.4, -0.2) is 5.97 Å². The summed E-state index contributed by atoms with van der Waals surface area (Å²) < 4.78 is 24.7. The van der Waals surface area contributed by atoms with E-state index < -0.39 is 11.9 Å². The molecule has 2 aliphatic rings. The predicted octanol–water partition coefficient (Wildman–Crippen LogP) is 3.68. The highest BCUT2D eigenvalue weighted by molar-refractivity contribution is 9.10. The molecular weight excluding hydrogens is 327 g/mol. The molecule has 4 rings (SSSR count). The highest BCUT2D eigenvalue weighted by Gasteiger charge is 2.67. The van der Waals surface area contributed by atoms with Crippen molar-refractivity contribution in [2.24, 2.45) is 0 Å². The highest BCUT2D eigenvalue weighted by atomic mass is 79.9. The maximum Gasteiger partial charge on any atom is 0.341 e. The number of benzene rings is 2. The van der Waals surface area contributed by atoms with Crippen molar-refractivity contribution in [3.05, 3.63) is 69.4 Å². The zero-order valence-electron chi connectivity index (χ0n) is 10.1. The molecule has 2 atom stereocenters. The van der Waals surface area contributed by atoms with Crippen LogP contribution in [0.3, 0.4) is 0 Å². The smallest absolute Gasteiger partial charge is 0.341 e. The first kappa shape index (κ1) is 12.1. The molecule has 5 heteroatoms. The van der Waals surface area contributed by atoms with E-state index in [1.807, 2.05) is 12.1 Å². The second kappa shape index (κ2) is 3.90. The molecule has 2 aromatic carbocycles. The van der Waals surface area contributed by atoms with Crippen LogP contribution in [0.25, 0.3) is 0 Å². The minimum atomic E-state index is -1.04. The number of epoxide rings is 1. The van der Waals surface area contributed by atoms with Gasteiger partial charge >= 0.3 is 5.97 Å². The van der Waals surface area contributed by atoms with Gasteiger partial charge in [-0.3, -0.25) is 0 Å². The Morgan fingerprint density at radius 2 is 2.00 bits per heavy atom. The maximum absolute atomic E-state index is 13.3. The van der Waals surface area contributed by atoms with Crippen molar-refractivity contribution >= 4 is 21.9 Å². The van der Waals surface area contributed by atoms with E-state index in [1.165, 1.54) is 6.07 Å². The van der Waals surface area contributed by atoms with Crippen molar-refractivity contribution in [1.82, 2.24) is 0 Å². The van der Waals surface area contributed by atoms with Gasteiger partial charge in [0.15, 0.2) is 6.10 Å². The maximum atomic E-state index is 13.3. The molecule has 1 saturated heterocycles. The van der Waals surface area contributed by atoms with Gasteiger partial charge in [0.1, 0.15) is 5.82 Å². The molecule has 100 valence electrons. The zero-order chi connectivity index (χ0) is 13.9. The Labute approximate surface area is 122 Å². The summed E-state index contributed by atoms with van der Waals surface area (Å²) in [6.07, 6.45) is -0.396. The van der Waals surface area contributed by atoms with Crippen LogP contribution in [0.5, 0.6) is 0 Å². The monoisotopic (exact) mass is 334 g/mol. The summed E-state index contributed by atoms with van der Waals surface area (Å²) in [6.45, 7) is 0. The summed E-state index contributed by atoms with van der Waals surface area (Å²) in [5.41, 5.74) is 2.02. The Morgan fingerprint density at radius 3 is 2.80 bits per heavy atom. The van der Waals surface area contributed by atoms with Gasteiger partial charge in [0.25, 0.3) is 5.79 Å². The second-order valence-electron chi connectivity index (χ2n) is 4.77. The van der Waals surface area contributed by atoms with E-state index in [0.717, 1.165) is 11.1 Å². The fourth-order valence-electron chi connectivity index (χ4n) is 2.60. The molecule has 0 amide bonds. The molecule has 3 nitrogen and oxygen atoms in total. The van der Waals surface area contributed by atoms with Crippen molar-refractivity contribution in [2.75, 3.05) is 0 Å². The normalized spacial score (nSPS) is 26.5. The summed E-state index contributed by atoms with van der Waals surface area (Å²) in [5.74, 6) is -1.76. The van der Waals surface area contributed by atoms with Crippen LogP contribution in [0.4, 0.5) is 4.39 Å². The average molecular weight is 335 g/mol. The molecule has 2 heterocycles. The zero-order valence-corrected chi connectivity index (χ0v) is 11.7. The molecule has 1 spiro atoms. The largest absolute Gasteiger partial charge is 0.422 e. The molecule has 0 N–H and O–H groups in total. The lowest BCUT2D eigenvalue weighted by molar-refractivity contribution is -0.00812. The summed E-state index contributed by atoms with van der Waals surface area (Å²) >= 11 is 3.14. The first-order valence-electron chi connectivity index (χ1n) is 6.07.